The van der Waals surface area contributed by atoms with Crippen LogP contribution in [0, 0.1) is 5.92 Å². The number of rotatable bonds is 2. The molecule has 1 heterocycles. The molecule has 0 amide bonds. The lowest BCUT2D eigenvalue weighted by Gasteiger charge is -2.17. The number of carbonyl (C=O) groups is 1. The number of nitrogens with two attached hydrogens (primary N) is 1. The Labute approximate surface area is 66.1 Å². The summed E-state index contributed by atoms with van der Waals surface area (Å²) in [5, 5.41) is 3.16. The average Bonchev–Trinajstić information content (AvgIpc) is 2.35. The maximum atomic E-state index is 10.5. The predicted octanol–water partition coefficient (Wildman–Crippen LogP) is -0.556. The zero-order chi connectivity index (χ0) is 8.27. The largest absolute Gasteiger partial charge is 0.447 e. The number of nitrogens with one attached hydrogen (secondary N) is 1. The molecule has 2 atom stereocenters. The Morgan fingerprint density at radius 1 is 1.82 bits per heavy atom. The number of hydrogen-bond acceptors (Lipinski definition) is 4. The summed E-state index contributed by atoms with van der Waals surface area (Å²) in [4.78, 5) is 10.5. The van der Waals surface area contributed by atoms with Gasteiger partial charge in [0.05, 0.1) is 0 Å². The number of ether oxygens (including phenoxy) is 1. The average molecular weight is 158 g/mol. The van der Waals surface area contributed by atoms with E-state index >= 15 is 0 Å². The fourth-order valence-electron chi connectivity index (χ4n) is 1.25. The lowest BCUT2D eigenvalue weighted by atomic mass is 10.1. The van der Waals surface area contributed by atoms with Crippen LogP contribution in [-0.2, 0) is 9.53 Å². The third-order valence-corrected chi connectivity index (χ3v) is 1.87. The molecule has 0 aromatic rings. The Kier molecular flexibility index (Phi) is 2.84. The zero-order valence-electron chi connectivity index (χ0n) is 6.67. The molecular weight excluding hydrogens is 144 g/mol. The molecule has 4 nitrogen and oxygen atoms in total. The van der Waals surface area contributed by atoms with Gasteiger partial charge in [-0.15, -0.1) is 0 Å². The summed E-state index contributed by atoms with van der Waals surface area (Å²) in [6.07, 6.45) is 0.566. The third kappa shape index (κ3) is 2.48. The number of hydrogen-bond donors (Lipinski definition) is 2. The molecule has 1 aliphatic rings. The van der Waals surface area contributed by atoms with Gasteiger partial charge in [0, 0.05) is 19.4 Å². The van der Waals surface area contributed by atoms with Gasteiger partial charge >= 0.3 is 5.97 Å². The smallest absolute Gasteiger partial charge is 0.304 e. The van der Waals surface area contributed by atoms with E-state index in [2.05, 4.69) is 5.32 Å². The minimum Gasteiger partial charge on any atom is -0.447 e. The second-order valence-electron chi connectivity index (χ2n) is 2.83. The van der Waals surface area contributed by atoms with Gasteiger partial charge in [0.2, 0.25) is 0 Å². The van der Waals surface area contributed by atoms with Crippen LogP contribution >= 0.6 is 0 Å². The standard InChI is InChI=1S/C7H14N2O2/c1-5(10)11-7(8)6-2-3-9-4-6/h6-7,9H,2-4,8H2,1H3. The molecule has 1 aliphatic heterocycles. The van der Waals surface area contributed by atoms with Crippen LogP contribution in [0.2, 0.25) is 0 Å². The normalized spacial score (nSPS) is 26.5. The van der Waals surface area contributed by atoms with Crippen molar-refractivity contribution >= 4 is 5.97 Å². The molecule has 1 rings (SSSR count). The van der Waals surface area contributed by atoms with Crippen molar-refractivity contribution in [2.24, 2.45) is 11.7 Å². The summed E-state index contributed by atoms with van der Waals surface area (Å²) in [6.45, 7) is 3.20. The summed E-state index contributed by atoms with van der Waals surface area (Å²) >= 11 is 0. The highest BCUT2D eigenvalue weighted by molar-refractivity contribution is 5.66. The maximum absolute atomic E-state index is 10.5. The highest BCUT2D eigenvalue weighted by atomic mass is 16.6. The highest BCUT2D eigenvalue weighted by Crippen LogP contribution is 2.11. The van der Waals surface area contributed by atoms with Crippen molar-refractivity contribution < 1.29 is 9.53 Å². The highest BCUT2D eigenvalue weighted by Gasteiger charge is 2.23. The molecule has 4 heteroatoms. The summed E-state index contributed by atoms with van der Waals surface area (Å²) in [6, 6.07) is 0. The Morgan fingerprint density at radius 3 is 3.00 bits per heavy atom. The quantitative estimate of drug-likeness (QED) is 0.418. The lowest BCUT2D eigenvalue weighted by molar-refractivity contribution is -0.148. The molecule has 0 aromatic heterocycles. The molecule has 3 N–H and O–H groups in total. The van der Waals surface area contributed by atoms with Crippen molar-refractivity contribution in [1.29, 1.82) is 0 Å². The van der Waals surface area contributed by atoms with Gasteiger partial charge in [0.25, 0.3) is 0 Å². The van der Waals surface area contributed by atoms with Crippen LogP contribution in [0.4, 0.5) is 0 Å². The fourth-order valence-corrected chi connectivity index (χ4v) is 1.25. The van der Waals surface area contributed by atoms with Gasteiger partial charge in [-0.1, -0.05) is 0 Å². The topological polar surface area (TPSA) is 64.3 Å². The van der Waals surface area contributed by atoms with Crippen LogP contribution in [0.5, 0.6) is 0 Å². The molecule has 1 fully saturated rings. The third-order valence-electron chi connectivity index (χ3n) is 1.87. The Hall–Kier alpha value is -0.610. The van der Waals surface area contributed by atoms with Gasteiger partial charge in [0.1, 0.15) is 0 Å². The Bertz CT molecular complexity index is 143. The minimum atomic E-state index is -0.428. The first-order valence-electron chi connectivity index (χ1n) is 3.83. The van der Waals surface area contributed by atoms with Crippen LogP contribution < -0.4 is 11.1 Å². The van der Waals surface area contributed by atoms with E-state index in [1.54, 1.807) is 0 Å². The summed E-state index contributed by atoms with van der Waals surface area (Å²) < 4.78 is 4.83. The van der Waals surface area contributed by atoms with Gasteiger partial charge in [-0.25, -0.2) is 0 Å². The van der Waals surface area contributed by atoms with Gasteiger partial charge in [-0.3, -0.25) is 10.5 Å². The van der Waals surface area contributed by atoms with E-state index in [9.17, 15) is 4.79 Å². The molecular formula is C7H14N2O2. The van der Waals surface area contributed by atoms with Crippen molar-refractivity contribution in [3.63, 3.8) is 0 Å². The van der Waals surface area contributed by atoms with E-state index in [1.807, 2.05) is 0 Å². The Balaban J connectivity index is 2.28. The Morgan fingerprint density at radius 2 is 2.55 bits per heavy atom. The van der Waals surface area contributed by atoms with E-state index in [1.165, 1.54) is 6.92 Å². The molecule has 0 radical (unpaired) electrons. The molecule has 64 valence electrons. The lowest BCUT2D eigenvalue weighted by Crippen LogP contribution is -2.35. The second kappa shape index (κ2) is 3.69. The summed E-state index contributed by atoms with van der Waals surface area (Å²) in [5.74, 6) is -0.0108. The summed E-state index contributed by atoms with van der Waals surface area (Å²) in [7, 11) is 0. The van der Waals surface area contributed by atoms with Gasteiger partial charge in [-0.2, -0.15) is 0 Å². The van der Waals surface area contributed by atoms with Crippen LogP contribution in [-0.4, -0.2) is 25.3 Å². The van der Waals surface area contributed by atoms with E-state index in [0.29, 0.717) is 5.92 Å². The molecule has 0 aromatic carbocycles. The molecule has 0 saturated carbocycles. The molecule has 1 saturated heterocycles. The predicted molar refractivity (Wildman–Crippen MR) is 40.7 cm³/mol. The van der Waals surface area contributed by atoms with Crippen molar-refractivity contribution in [3.8, 4) is 0 Å². The van der Waals surface area contributed by atoms with Gasteiger partial charge < -0.3 is 10.1 Å². The van der Waals surface area contributed by atoms with E-state index in [4.69, 9.17) is 10.5 Å². The first kappa shape index (κ1) is 8.49. The van der Waals surface area contributed by atoms with Crippen molar-refractivity contribution in [1.82, 2.24) is 5.32 Å². The van der Waals surface area contributed by atoms with Crippen molar-refractivity contribution in [2.75, 3.05) is 13.1 Å². The number of esters is 1. The monoisotopic (exact) mass is 158 g/mol. The fraction of sp³-hybridized carbons (Fsp3) is 0.857. The molecule has 0 aliphatic carbocycles. The second-order valence-corrected chi connectivity index (χ2v) is 2.83. The van der Waals surface area contributed by atoms with Crippen molar-refractivity contribution in [2.45, 2.75) is 19.6 Å². The molecule has 2 unspecified atom stereocenters. The van der Waals surface area contributed by atoms with Crippen molar-refractivity contribution in [3.05, 3.63) is 0 Å². The van der Waals surface area contributed by atoms with E-state index in [-0.39, 0.29) is 5.97 Å². The van der Waals surface area contributed by atoms with Gasteiger partial charge in [-0.05, 0) is 13.0 Å². The SMILES string of the molecule is CC(=O)OC(N)C1CCNC1. The maximum Gasteiger partial charge on any atom is 0.304 e. The van der Waals surface area contributed by atoms with E-state index in [0.717, 1.165) is 19.5 Å². The molecule has 0 bridgehead atoms. The van der Waals surface area contributed by atoms with Crippen LogP contribution in [0.15, 0.2) is 0 Å². The molecule has 11 heavy (non-hydrogen) atoms. The molecule has 0 spiro atoms. The zero-order valence-corrected chi connectivity index (χ0v) is 6.67. The van der Waals surface area contributed by atoms with Crippen LogP contribution in [0.25, 0.3) is 0 Å². The van der Waals surface area contributed by atoms with E-state index < -0.39 is 6.23 Å². The van der Waals surface area contributed by atoms with Crippen LogP contribution in [0.3, 0.4) is 0 Å². The minimum absolute atomic E-state index is 0.291. The van der Waals surface area contributed by atoms with Crippen LogP contribution in [0.1, 0.15) is 13.3 Å². The first-order chi connectivity index (χ1) is 5.20. The van der Waals surface area contributed by atoms with Gasteiger partial charge in [0.15, 0.2) is 6.23 Å². The first-order valence-corrected chi connectivity index (χ1v) is 3.83. The number of carbonyl (C=O) groups excluding carboxylic acids is 1. The summed E-state index contributed by atoms with van der Waals surface area (Å²) in [5.41, 5.74) is 5.60.